The van der Waals surface area contributed by atoms with E-state index >= 15 is 0 Å². The van der Waals surface area contributed by atoms with Crippen molar-refractivity contribution >= 4 is 23.0 Å². The molecule has 0 aliphatic carbocycles. The number of rotatable bonds is 6. The second-order valence-corrected chi connectivity index (χ2v) is 6.24. The highest BCUT2D eigenvalue weighted by Crippen LogP contribution is 2.23. The van der Waals surface area contributed by atoms with Crippen molar-refractivity contribution in [3.63, 3.8) is 0 Å². The number of anilines is 1. The zero-order valence-electron chi connectivity index (χ0n) is 12.7. The number of benzene rings is 1. The third kappa shape index (κ3) is 3.70. The number of unbranched alkanes of at least 4 members (excludes halogenated alkanes) is 3. The molecule has 1 aromatic carbocycles. The fraction of sp³-hybridized carbons (Fsp3) is 0.562. The average Bonchev–Trinajstić information content (AvgIpc) is 2.72. The van der Waals surface area contributed by atoms with Gasteiger partial charge in [-0.25, -0.2) is 5.43 Å². The molecule has 1 aliphatic rings. The molecule has 2 rings (SSSR count). The topological polar surface area (TPSA) is 27.3 Å². The zero-order valence-corrected chi connectivity index (χ0v) is 13.5. The molecule has 0 spiro atoms. The fourth-order valence-corrected chi connectivity index (χ4v) is 2.89. The minimum Gasteiger partial charge on any atom is -0.342 e. The van der Waals surface area contributed by atoms with Crippen molar-refractivity contribution in [3.8, 4) is 0 Å². The smallest absolute Gasteiger partial charge is 0.189 e. The highest BCUT2D eigenvalue weighted by atomic mass is 32.1. The molecular formula is C16H25N3S. The van der Waals surface area contributed by atoms with Crippen LogP contribution in [0.2, 0.25) is 0 Å². The van der Waals surface area contributed by atoms with Gasteiger partial charge in [-0.05, 0) is 51.0 Å². The lowest BCUT2D eigenvalue weighted by Gasteiger charge is -2.25. The van der Waals surface area contributed by atoms with E-state index in [2.05, 4.69) is 55.8 Å². The van der Waals surface area contributed by atoms with Gasteiger partial charge in [-0.3, -0.25) is 5.01 Å². The van der Waals surface area contributed by atoms with Gasteiger partial charge in [0.2, 0.25) is 0 Å². The van der Waals surface area contributed by atoms with Crippen LogP contribution in [-0.4, -0.2) is 10.8 Å². The third-order valence-corrected chi connectivity index (χ3v) is 4.05. The summed E-state index contributed by atoms with van der Waals surface area (Å²) in [7, 11) is 0. The first-order chi connectivity index (χ1) is 9.54. The Labute approximate surface area is 127 Å². The Morgan fingerprint density at radius 3 is 2.50 bits per heavy atom. The lowest BCUT2D eigenvalue weighted by Crippen LogP contribution is -2.48. The third-order valence-electron chi connectivity index (χ3n) is 3.77. The van der Waals surface area contributed by atoms with Gasteiger partial charge in [-0.15, -0.1) is 0 Å². The van der Waals surface area contributed by atoms with Crippen LogP contribution in [0.1, 0.15) is 51.5 Å². The number of nitrogens with zero attached hydrogens (tertiary/aromatic N) is 1. The molecule has 0 amide bonds. The van der Waals surface area contributed by atoms with E-state index in [-0.39, 0.29) is 5.66 Å². The predicted octanol–water partition coefficient (Wildman–Crippen LogP) is 3.88. The van der Waals surface area contributed by atoms with Gasteiger partial charge in [-0.1, -0.05) is 43.9 Å². The van der Waals surface area contributed by atoms with Gasteiger partial charge in [0.25, 0.3) is 0 Å². The van der Waals surface area contributed by atoms with E-state index in [9.17, 15) is 0 Å². The number of hydrazine groups is 1. The Balaban J connectivity index is 1.97. The second-order valence-electron chi connectivity index (χ2n) is 5.86. The van der Waals surface area contributed by atoms with Crippen molar-refractivity contribution in [2.75, 3.05) is 5.01 Å². The van der Waals surface area contributed by atoms with E-state index in [4.69, 9.17) is 12.2 Å². The summed E-state index contributed by atoms with van der Waals surface area (Å²) < 4.78 is 0. The van der Waals surface area contributed by atoms with Crippen LogP contribution in [0.5, 0.6) is 0 Å². The Hall–Kier alpha value is -1.13. The van der Waals surface area contributed by atoms with Gasteiger partial charge in [0.1, 0.15) is 5.66 Å². The Morgan fingerprint density at radius 2 is 1.85 bits per heavy atom. The van der Waals surface area contributed by atoms with Crippen LogP contribution in [0, 0.1) is 6.92 Å². The van der Waals surface area contributed by atoms with E-state index in [1.807, 2.05) is 5.01 Å². The van der Waals surface area contributed by atoms with Crippen molar-refractivity contribution in [3.05, 3.63) is 29.8 Å². The first-order valence-corrected chi connectivity index (χ1v) is 7.92. The van der Waals surface area contributed by atoms with Crippen molar-refractivity contribution in [1.29, 1.82) is 0 Å². The summed E-state index contributed by atoms with van der Waals surface area (Å²) >= 11 is 5.46. The number of hydrogen-bond donors (Lipinski definition) is 2. The van der Waals surface area contributed by atoms with Crippen LogP contribution < -0.4 is 15.8 Å². The van der Waals surface area contributed by atoms with Crippen LogP contribution in [0.4, 0.5) is 5.69 Å². The largest absolute Gasteiger partial charge is 0.342 e. The molecule has 3 nitrogen and oxygen atoms in total. The maximum absolute atomic E-state index is 5.46. The summed E-state index contributed by atoms with van der Waals surface area (Å²) in [5.41, 5.74) is 5.73. The van der Waals surface area contributed by atoms with Crippen molar-refractivity contribution in [2.45, 2.75) is 58.5 Å². The van der Waals surface area contributed by atoms with Crippen LogP contribution >= 0.6 is 12.2 Å². The number of hydrogen-bond acceptors (Lipinski definition) is 2. The summed E-state index contributed by atoms with van der Waals surface area (Å²) in [5.74, 6) is 0. The van der Waals surface area contributed by atoms with E-state index < -0.39 is 0 Å². The standard InChI is InChI=1S/C16H25N3S/c1-4-5-6-7-12-16(3)17-15(20)19(18-16)14-10-8-13(2)9-11-14/h8-11,18H,4-7,12H2,1-3H3,(H,17,20). The number of nitrogens with one attached hydrogen (secondary N) is 2. The van der Waals surface area contributed by atoms with Crippen LogP contribution in [0.15, 0.2) is 24.3 Å². The minimum absolute atomic E-state index is 0.129. The van der Waals surface area contributed by atoms with Gasteiger partial charge in [0.15, 0.2) is 5.11 Å². The lowest BCUT2D eigenvalue weighted by molar-refractivity contribution is 0.333. The quantitative estimate of drug-likeness (QED) is 0.614. The molecule has 0 aromatic heterocycles. The number of thiocarbonyl (C=S) groups is 1. The maximum Gasteiger partial charge on any atom is 0.189 e. The highest BCUT2D eigenvalue weighted by Gasteiger charge is 2.35. The van der Waals surface area contributed by atoms with Crippen LogP contribution in [0.25, 0.3) is 0 Å². The normalized spacial score (nSPS) is 22.1. The van der Waals surface area contributed by atoms with Gasteiger partial charge < -0.3 is 5.32 Å². The summed E-state index contributed by atoms with van der Waals surface area (Å²) in [6, 6.07) is 8.41. The first-order valence-electron chi connectivity index (χ1n) is 7.51. The zero-order chi connectivity index (χ0) is 14.6. The molecule has 1 atom stereocenters. The second kappa shape index (κ2) is 6.55. The van der Waals surface area contributed by atoms with Gasteiger partial charge in [0, 0.05) is 0 Å². The molecule has 1 saturated heterocycles. The Morgan fingerprint density at radius 1 is 1.15 bits per heavy atom. The minimum atomic E-state index is -0.129. The predicted molar refractivity (Wildman–Crippen MR) is 89.7 cm³/mol. The molecule has 1 aromatic rings. The summed E-state index contributed by atoms with van der Waals surface area (Å²) in [5, 5.41) is 6.15. The molecule has 0 saturated carbocycles. The monoisotopic (exact) mass is 291 g/mol. The van der Waals surface area contributed by atoms with E-state index in [1.165, 1.54) is 31.2 Å². The molecular weight excluding hydrogens is 266 g/mol. The highest BCUT2D eigenvalue weighted by molar-refractivity contribution is 7.80. The molecule has 0 bridgehead atoms. The molecule has 1 unspecified atom stereocenters. The van der Waals surface area contributed by atoms with Crippen molar-refractivity contribution in [1.82, 2.24) is 10.7 Å². The van der Waals surface area contributed by atoms with Crippen molar-refractivity contribution < 1.29 is 0 Å². The molecule has 0 radical (unpaired) electrons. The molecule has 4 heteroatoms. The van der Waals surface area contributed by atoms with E-state index in [0.717, 1.165) is 17.2 Å². The average molecular weight is 291 g/mol. The molecule has 1 fully saturated rings. The molecule has 1 aliphatic heterocycles. The number of aryl methyl sites for hydroxylation is 1. The fourth-order valence-electron chi connectivity index (χ4n) is 2.52. The molecule has 20 heavy (non-hydrogen) atoms. The lowest BCUT2D eigenvalue weighted by atomic mass is 10.0. The van der Waals surface area contributed by atoms with E-state index in [1.54, 1.807) is 0 Å². The van der Waals surface area contributed by atoms with Crippen molar-refractivity contribution in [2.24, 2.45) is 0 Å². The van der Waals surface area contributed by atoms with E-state index in [0.29, 0.717) is 0 Å². The van der Waals surface area contributed by atoms with Gasteiger partial charge in [0.05, 0.1) is 5.69 Å². The molecule has 110 valence electrons. The van der Waals surface area contributed by atoms with Crippen LogP contribution in [-0.2, 0) is 0 Å². The Bertz CT molecular complexity index is 457. The first kappa shape index (κ1) is 15.3. The summed E-state index contributed by atoms with van der Waals surface area (Å²) in [4.78, 5) is 0. The van der Waals surface area contributed by atoms with Gasteiger partial charge in [-0.2, -0.15) is 0 Å². The SMILES string of the molecule is CCCCCCC1(C)NC(=S)N(c2ccc(C)cc2)N1. The van der Waals surface area contributed by atoms with Crippen LogP contribution in [0.3, 0.4) is 0 Å². The summed E-state index contributed by atoms with van der Waals surface area (Å²) in [6.45, 7) is 6.51. The molecule has 2 N–H and O–H groups in total. The maximum atomic E-state index is 5.46. The molecule has 1 heterocycles. The summed E-state index contributed by atoms with van der Waals surface area (Å²) in [6.07, 6.45) is 6.16. The van der Waals surface area contributed by atoms with Gasteiger partial charge >= 0.3 is 0 Å². The Kier molecular flexibility index (Phi) is 5.00.